The molecule has 15 heavy (non-hydrogen) atoms. The van der Waals surface area contributed by atoms with Crippen LogP contribution in [0.4, 0.5) is 0 Å². The zero-order chi connectivity index (χ0) is 10.7. The van der Waals surface area contributed by atoms with Gasteiger partial charge >= 0.3 is 0 Å². The highest BCUT2D eigenvalue weighted by Crippen LogP contribution is 2.23. The fourth-order valence-corrected chi connectivity index (χ4v) is 2.39. The van der Waals surface area contributed by atoms with Gasteiger partial charge in [-0.25, -0.2) is 0 Å². The Labute approximate surface area is 96.0 Å². The topological polar surface area (TPSA) is 24.1 Å². The van der Waals surface area contributed by atoms with Crippen LogP contribution in [0.1, 0.15) is 24.4 Å². The van der Waals surface area contributed by atoms with Crippen LogP contribution < -0.4 is 10.6 Å². The van der Waals surface area contributed by atoms with Crippen molar-refractivity contribution in [3.8, 4) is 0 Å². The van der Waals surface area contributed by atoms with Crippen molar-refractivity contribution in [1.82, 2.24) is 10.6 Å². The number of hydrogen-bond donors (Lipinski definition) is 2. The standard InChI is InChI=1S/C12H17ClN2/c1-14-12(11-3-2-8-15-11)9-4-6-10(13)7-5-9/h4-7,11-12,14-15H,2-3,8H2,1H3. The Morgan fingerprint density at radius 2 is 2.13 bits per heavy atom. The third-order valence-electron chi connectivity index (χ3n) is 3.04. The predicted octanol–water partition coefficient (Wildman–Crippen LogP) is 2.35. The zero-order valence-corrected chi connectivity index (χ0v) is 9.72. The van der Waals surface area contributed by atoms with Crippen molar-refractivity contribution < 1.29 is 0 Å². The summed E-state index contributed by atoms with van der Waals surface area (Å²) in [6.07, 6.45) is 2.52. The highest BCUT2D eigenvalue weighted by atomic mass is 35.5. The molecular weight excluding hydrogens is 208 g/mol. The number of rotatable bonds is 3. The molecule has 2 atom stereocenters. The van der Waals surface area contributed by atoms with Crippen molar-refractivity contribution >= 4 is 11.6 Å². The van der Waals surface area contributed by atoms with Crippen molar-refractivity contribution in [2.45, 2.75) is 24.9 Å². The molecule has 1 heterocycles. The molecule has 82 valence electrons. The fourth-order valence-electron chi connectivity index (χ4n) is 2.27. The molecule has 1 fully saturated rings. The van der Waals surface area contributed by atoms with Crippen LogP contribution in [0.15, 0.2) is 24.3 Å². The van der Waals surface area contributed by atoms with Gasteiger partial charge in [0, 0.05) is 17.1 Å². The molecule has 0 radical (unpaired) electrons. The van der Waals surface area contributed by atoms with Gasteiger partial charge in [-0.05, 0) is 44.1 Å². The van der Waals surface area contributed by atoms with Crippen LogP contribution in [-0.4, -0.2) is 19.6 Å². The first-order valence-corrected chi connectivity index (χ1v) is 5.85. The molecule has 1 saturated heterocycles. The minimum Gasteiger partial charge on any atom is -0.312 e. The average molecular weight is 225 g/mol. The Kier molecular flexibility index (Phi) is 3.62. The van der Waals surface area contributed by atoms with E-state index in [4.69, 9.17) is 11.6 Å². The summed E-state index contributed by atoms with van der Waals surface area (Å²) in [5.41, 5.74) is 1.31. The van der Waals surface area contributed by atoms with Gasteiger partial charge in [-0.15, -0.1) is 0 Å². The van der Waals surface area contributed by atoms with Crippen LogP contribution in [0.3, 0.4) is 0 Å². The molecule has 1 aromatic carbocycles. The van der Waals surface area contributed by atoms with E-state index in [9.17, 15) is 0 Å². The second kappa shape index (κ2) is 4.97. The maximum atomic E-state index is 5.88. The van der Waals surface area contributed by atoms with Crippen molar-refractivity contribution in [2.75, 3.05) is 13.6 Å². The second-order valence-electron chi connectivity index (χ2n) is 4.02. The molecule has 3 heteroatoms. The molecule has 0 aliphatic carbocycles. The molecule has 0 saturated carbocycles. The van der Waals surface area contributed by atoms with E-state index in [1.54, 1.807) is 0 Å². The van der Waals surface area contributed by atoms with Gasteiger partial charge in [0.05, 0.1) is 0 Å². The van der Waals surface area contributed by atoms with Gasteiger partial charge in [0.2, 0.25) is 0 Å². The number of halogens is 1. The summed E-state index contributed by atoms with van der Waals surface area (Å²) in [6, 6.07) is 9.06. The Morgan fingerprint density at radius 3 is 2.67 bits per heavy atom. The van der Waals surface area contributed by atoms with Crippen molar-refractivity contribution in [2.24, 2.45) is 0 Å². The normalized spacial score (nSPS) is 22.9. The second-order valence-corrected chi connectivity index (χ2v) is 4.46. The lowest BCUT2D eigenvalue weighted by Gasteiger charge is -2.23. The quantitative estimate of drug-likeness (QED) is 0.824. The summed E-state index contributed by atoms with van der Waals surface area (Å²) in [7, 11) is 2.01. The first-order chi connectivity index (χ1) is 7.31. The fraction of sp³-hybridized carbons (Fsp3) is 0.500. The molecule has 0 amide bonds. The van der Waals surface area contributed by atoms with E-state index in [2.05, 4.69) is 22.8 Å². The molecular formula is C12H17ClN2. The Hall–Kier alpha value is -0.570. The molecule has 2 N–H and O–H groups in total. The highest BCUT2D eigenvalue weighted by molar-refractivity contribution is 6.30. The van der Waals surface area contributed by atoms with Crippen molar-refractivity contribution in [3.05, 3.63) is 34.9 Å². The maximum absolute atomic E-state index is 5.88. The molecule has 0 bridgehead atoms. The summed E-state index contributed by atoms with van der Waals surface area (Å²) >= 11 is 5.88. The number of nitrogens with one attached hydrogen (secondary N) is 2. The molecule has 0 spiro atoms. The van der Waals surface area contributed by atoms with E-state index in [0.717, 1.165) is 11.6 Å². The Morgan fingerprint density at radius 1 is 1.40 bits per heavy atom. The predicted molar refractivity (Wildman–Crippen MR) is 64.3 cm³/mol. The van der Waals surface area contributed by atoms with Crippen LogP contribution in [0, 0.1) is 0 Å². The van der Waals surface area contributed by atoms with Crippen LogP contribution in [0.25, 0.3) is 0 Å². The third-order valence-corrected chi connectivity index (χ3v) is 3.29. The zero-order valence-electron chi connectivity index (χ0n) is 8.96. The summed E-state index contributed by atoms with van der Waals surface area (Å²) in [5.74, 6) is 0. The lowest BCUT2D eigenvalue weighted by atomic mass is 9.98. The van der Waals surface area contributed by atoms with E-state index in [1.807, 2.05) is 19.2 Å². The van der Waals surface area contributed by atoms with Crippen LogP contribution in [0.5, 0.6) is 0 Å². The minimum atomic E-state index is 0.393. The van der Waals surface area contributed by atoms with E-state index >= 15 is 0 Å². The van der Waals surface area contributed by atoms with E-state index < -0.39 is 0 Å². The van der Waals surface area contributed by atoms with Gasteiger partial charge < -0.3 is 10.6 Å². The van der Waals surface area contributed by atoms with E-state index in [0.29, 0.717) is 12.1 Å². The molecule has 1 aliphatic heterocycles. The first-order valence-electron chi connectivity index (χ1n) is 5.47. The SMILES string of the molecule is CNC(c1ccc(Cl)cc1)C1CCCN1. The molecule has 1 aliphatic rings. The largest absolute Gasteiger partial charge is 0.312 e. The van der Waals surface area contributed by atoms with Crippen molar-refractivity contribution in [3.63, 3.8) is 0 Å². The van der Waals surface area contributed by atoms with Gasteiger partial charge in [0.15, 0.2) is 0 Å². The smallest absolute Gasteiger partial charge is 0.0473 e. The third kappa shape index (κ3) is 2.51. The Balaban J connectivity index is 2.14. The van der Waals surface area contributed by atoms with Crippen LogP contribution >= 0.6 is 11.6 Å². The molecule has 2 unspecified atom stereocenters. The molecule has 2 nitrogen and oxygen atoms in total. The lowest BCUT2D eigenvalue weighted by Crippen LogP contribution is -2.36. The minimum absolute atomic E-state index is 0.393. The van der Waals surface area contributed by atoms with Gasteiger partial charge in [-0.2, -0.15) is 0 Å². The Bertz CT molecular complexity index is 304. The van der Waals surface area contributed by atoms with Crippen LogP contribution in [-0.2, 0) is 0 Å². The summed E-state index contributed by atoms with van der Waals surface area (Å²) in [6.45, 7) is 1.14. The van der Waals surface area contributed by atoms with E-state index in [1.165, 1.54) is 18.4 Å². The molecule has 2 rings (SSSR count). The maximum Gasteiger partial charge on any atom is 0.0473 e. The first kappa shape index (κ1) is 10.9. The van der Waals surface area contributed by atoms with E-state index in [-0.39, 0.29) is 0 Å². The lowest BCUT2D eigenvalue weighted by molar-refractivity contribution is 0.440. The van der Waals surface area contributed by atoms with Gasteiger partial charge in [0.1, 0.15) is 0 Å². The van der Waals surface area contributed by atoms with Crippen LogP contribution in [0.2, 0.25) is 5.02 Å². The number of hydrogen-bond acceptors (Lipinski definition) is 2. The number of likely N-dealkylation sites (N-methyl/N-ethyl adjacent to an activating group) is 1. The van der Waals surface area contributed by atoms with Crippen molar-refractivity contribution in [1.29, 1.82) is 0 Å². The molecule has 0 aromatic heterocycles. The average Bonchev–Trinajstić information content (AvgIpc) is 2.75. The summed E-state index contributed by atoms with van der Waals surface area (Å²) in [5, 5.41) is 7.70. The number of benzene rings is 1. The van der Waals surface area contributed by atoms with Gasteiger partial charge in [0.25, 0.3) is 0 Å². The monoisotopic (exact) mass is 224 g/mol. The summed E-state index contributed by atoms with van der Waals surface area (Å²) < 4.78 is 0. The molecule has 1 aromatic rings. The summed E-state index contributed by atoms with van der Waals surface area (Å²) in [4.78, 5) is 0. The highest BCUT2D eigenvalue weighted by Gasteiger charge is 2.24. The van der Waals surface area contributed by atoms with Gasteiger partial charge in [-0.3, -0.25) is 0 Å². The van der Waals surface area contributed by atoms with Gasteiger partial charge in [-0.1, -0.05) is 23.7 Å².